The third-order valence-electron chi connectivity index (χ3n) is 3.44. The van der Waals surface area contributed by atoms with Gasteiger partial charge in [0.25, 0.3) is 0 Å². The Morgan fingerprint density at radius 1 is 1.26 bits per heavy atom. The molecule has 0 saturated carbocycles. The first kappa shape index (κ1) is 14.8. The van der Waals surface area contributed by atoms with Crippen LogP contribution in [0.2, 0.25) is 0 Å². The molecule has 0 radical (unpaired) electrons. The fourth-order valence-corrected chi connectivity index (χ4v) is 4.42. The standard InChI is InChI=1S/C13H17ClFNO2S/c14-9-8-12-3-1-2-10-16(12)19(17,18)13-6-4-11(15)5-7-13/h4-7,12H,1-3,8-10H2. The molecule has 1 aromatic carbocycles. The molecule has 3 nitrogen and oxygen atoms in total. The van der Waals surface area contributed by atoms with E-state index in [1.807, 2.05) is 0 Å². The van der Waals surface area contributed by atoms with Gasteiger partial charge in [-0.2, -0.15) is 4.31 Å². The molecule has 106 valence electrons. The van der Waals surface area contributed by atoms with Crippen molar-refractivity contribution in [3.05, 3.63) is 30.1 Å². The van der Waals surface area contributed by atoms with E-state index in [0.29, 0.717) is 18.8 Å². The summed E-state index contributed by atoms with van der Waals surface area (Å²) in [4.78, 5) is 0.148. The van der Waals surface area contributed by atoms with Crippen molar-refractivity contribution < 1.29 is 12.8 Å². The summed E-state index contributed by atoms with van der Waals surface area (Å²) in [6.45, 7) is 0.515. The predicted molar refractivity (Wildman–Crippen MR) is 73.3 cm³/mol. The van der Waals surface area contributed by atoms with E-state index in [4.69, 9.17) is 11.6 Å². The van der Waals surface area contributed by atoms with Crippen LogP contribution in [0.4, 0.5) is 4.39 Å². The summed E-state index contributed by atoms with van der Waals surface area (Å²) in [6.07, 6.45) is 3.38. The van der Waals surface area contributed by atoms with E-state index in [1.165, 1.54) is 28.6 Å². The lowest BCUT2D eigenvalue weighted by atomic mass is 10.0. The first-order valence-corrected chi connectivity index (χ1v) is 8.36. The van der Waals surface area contributed by atoms with Crippen molar-refractivity contribution in [2.45, 2.75) is 36.6 Å². The maximum Gasteiger partial charge on any atom is 0.243 e. The van der Waals surface area contributed by atoms with E-state index in [-0.39, 0.29) is 10.9 Å². The Morgan fingerprint density at radius 2 is 1.95 bits per heavy atom. The van der Waals surface area contributed by atoms with Crippen LogP contribution in [0, 0.1) is 5.82 Å². The van der Waals surface area contributed by atoms with Crippen LogP contribution in [-0.2, 0) is 10.0 Å². The quantitative estimate of drug-likeness (QED) is 0.802. The molecule has 1 saturated heterocycles. The zero-order valence-corrected chi connectivity index (χ0v) is 12.1. The van der Waals surface area contributed by atoms with Crippen molar-refractivity contribution >= 4 is 21.6 Å². The topological polar surface area (TPSA) is 37.4 Å². The highest BCUT2D eigenvalue weighted by Gasteiger charge is 2.32. The number of nitrogens with zero attached hydrogens (tertiary/aromatic N) is 1. The first-order chi connectivity index (χ1) is 9.05. The van der Waals surface area contributed by atoms with Gasteiger partial charge in [-0.05, 0) is 43.5 Å². The van der Waals surface area contributed by atoms with E-state index in [0.717, 1.165) is 19.3 Å². The van der Waals surface area contributed by atoms with Crippen molar-refractivity contribution in [3.63, 3.8) is 0 Å². The maximum atomic E-state index is 12.9. The summed E-state index contributed by atoms with van der Waals surface area (Å²) in [5.74, 6) is 0.00927. The van der Waals surface area contributed by atoms with Gasteiger partial charge in [-0.3, -0.25) is 0 Å². The van der Waals surface area contributed by atoms with E-state index < -0.39 is 15.8 Å². The van der Waals surface area contributed by atoms with Crippen molar-refractivity contribution in [3.8, 4) is 0 Å². The van der Waals surface area contributed by atoms with Gasteiger partial charge in [0.05, 0.1) is 4.90 Å². The summed E-state index contributed by atoms with van der Waals surface area (Å²) in [6, 6.07) is 4.94. The molecule has 1 aliphatic heterocycles. The molecule has 1 unspecified atom stereocenters. The summed E-state index contributed by atoms with van der Waals surface area (Å²) < 4.78 is 39.5. The van der Waals surface area contributed by atoms with Gasteiger partial charge >= 0.3 is 0 Å². The number of piperidine rings is 1. The highest BCUT2D eigenvalue weighted by molar-refractivity contribution is 7.89. The van der Waals surface area contributed by atoms with E-state index >= 15 is 0 Å². The molecule has 1 heterocycles. The third kappa shape index (κ3) is 3.27. The lowest BCUT2D eigenvalue weighted by Crippen LogP contribution is -2.43. The van der Waals surface area contributed by atoms with Crippen LogP contribution in [0.3, 0.4) is 0 Å². The number of rotatable bonds is 4. The molecule has 6 heteroatoms. The monoisotopic (exact) mass is 305 g/mol. The number of hydrogen-bond donors (Lipinski definition) is 0. The second-order valence-corrected chi connectivity index (χ2v) is 6.97. The van der Waals surface area contributed by atoms with Crippen LogP contribution in [-0.4, -0.2) is 31.2 Å². The molecule has 1 atom stereocenters. The van der Waals surface area contributed by atoms with Crippen molar-refractivity contribution in [2.24, 2.45) is 0 Å². The number of benzene rings is 1. The minimum Gasteiger partial charge on any atom is -0.207 e. The smallest absolute Gasteiger partial charge is 0.207 e. The average Bonchev–Trinajstić information content (AvgIpc) is 2.40. The molecule has 1 aliphatic rings. The SMILES string of the molecule is O=S(=O)(c1ccc(F)cc1)N1CCCCC1CCCl. The molecule has 0 amide bonds. The van der Waals surface area contributed by atoms with Crippen molar-refractivity contribution in [1.82, 2.24) is 4.31 Å². The number of sulfonamides is 1. The predicted octanol–water partition coefficient (Wildman–Crippen LogP) is 3.00. The van der Waals surface area contributed by atoms with Crippen molar-refractivity contribution in [2.75, 3.05) is 12.4 Å². The van der Waals surface area contributed by atoms with Gasteiger partial charge in [-0.25, -0.2) is 12.8 Å². The largest absolute Gasteiger partial charge is 0.243 e. The fourth-order valence-electron chi connectivity index (χ4n) is 2.45. The van der Waals surface area contributed by atoms with Gasteiger partial charge < -0.3 is 0 Å². The molecule has 0 spiro atoms. The van der Waals surface area contributed by atoms with Crippen LogP contribution in [0.5, 0.6) is 0 Å². The second kappa shape index (κ2) is 6.20. The molecule has 0 N–H and O–H groups in total. The molecule has 0 aliphatic carbocycles. The van der Waals surface area contributed by atoms with Crippen molar-refractivity contribution in [1.29, 1.82) is 0 Å². The van der Waals surface area contributed by atoms with E-state index in [1.54, 1.807) is 0 Å². The highest BCUT2D eigenvalue weighted by Crippen LogP contribution is 2.27. The van der Waals surface area contributed by atoms with Crippen LogP contribution < -0.4 is 0 Å². The molecule has 0 bridgehead atoms. The zero-order valence-electron chi connectivity index (χ0n) is 10.6. The average molecular weight is 306 g/mol. The van der Waals surface area contributed by atoms with Crippen LogP contribution in [0.15, 0.2) is 29.2 Å². The minimum absolute atomic E-state index is 0.0405. The van der Waals surface area contributed by atoms with Crippen LogP contribution in [0.25, 0.3) is 0 Å². The maximum absolute atomic E-state index is 12.9. The van der Waals surface area contributed by atoms with Gasteiger partial charge in [0.15, 0.2) is 0 Å². The number of alkyl halides is 1. The van der Waals surface area contributed by atoms with Gasteiger partial charge in [0, 0.05) is 18.5 Å². The van der Waals surface area contributed by atoms with E-state index in [9.17, 15) is 12.8 Å². The molecule has 19 heavy (non-hydrogen) atoms. The molecule has 1 aromatic rings. The van der Waals surface area contributed by atoms with E-state index in [2.05, 4.69) is 0 Å². The van der Waals surface area contributed by atoms with Gasteiger partial charge in [0.2, 0.25) is 10.0 Å². The molecular formula is C13H17ClFNO2S. The molecule has 2 rings (SSSR count). The van der Waals surface area contributed by atoms with Crippen LogP contribution >= 0.6 is 11.6 Å². The van der Waals surface area contributed by atoms with Gasteiger partial charge in [0.1, 0.15) is 5.82 Å². The zero-order chi connectivity index (χ0) is 13.9. The Kier molecular flexibility index (Phi) is 4.81. The first-order valence-electron chi connectivity index (χ1n) is 6.39. The van der Waals surface area contributed by atoms with Crippen LogP contribution in [0.1, 0.15) is 25.7 Å². The summed E-state index contributed by atoms with van der Waals surface area (Å²) in [7, 11) is -3.54. The summed E-state index contributed by atoms with van der Waals surface area (Å²) in [5.41, 5.74) is 0. The minimum atomic E-state index is -3.54. The molecular weight excluding hydrogens is 289 g/mol. The third-order valence-corrected chi connectivity index (χ3v) is 5.62. The Morgan fingerprint density at radius 3 is 2.58 bits per heavy atom. The summed E-state index contributed by atoms with van der Waals surface area (Å²) in [5, 5.41) is 0. The lowest BCUT2D eigenvalue weighted by Gasteiger charge is -2.34. The Labute approximate surface area is 118 Å². The Hall–Kier alpha value is -0.650. The second-order valence-electron chi connectivity index (χ2n) is 4.70. The lowest BCUT2D eigenvalue weighted by molar-refractivity contribution is 0.247. The number of hydrogen-bond acceptors (Lipinski definition) is 2. The molecule has 1 fully saturated rings. The van der Waals surface area contributed by atoms with Gasteiger partial charge in [-0.15, -0.1) is 11.6 Å². The van der Waals surface area contributed by atoms with Gasteiger partial charge in [-0.1, -0.05) is 6.42 Å². The normalized spacial score (nSPS) is 21.5. The Balaban J connectivity index is 2.28. The fraction of sp³-hybridized carbons (Fsp3) is 0.538. The number of halogens is 2. The Bertz CT molecular complexity index is 516. The molecule has 0 aromatic heterocycles. The highest BCUT2D eigenvalue weighted by atomic mass is 35.5. The summed E-state index contributed by atoms with van der Waals surface area (Å²) >= 11 is 5.75.